The summed E-state index contributed by atoms with van der Waals surface area (Å²) in [7, 11) is 0. The van der Waals surface area contributed by atoms with Gasteiger partial charge < -0.3 is 19.3 Å². The van der Waals surface area contributed by atoms with Crippen LogP contribution < -0.4 is 19.3 Å². The third kappa shape index (κ3) is 5.81. The molecule has 10 heteroatoms. The van der Waals surface area contributed by atoms with E-state index in [2.05, 4.69) is 0 Å². The summed E-state index contributed by atoms with van der Waals surface area (Å²) in [6.45, 7) is 1.74. The van der Waals surface area contributed by atoms with Gasteiger partial charge in [0.05, 0.1) is 45.3 Å². The summed E-state index contributed by atoms with van der Waals surface area (Å²) in [5.41, 5.74) is 3.41. The van der Waals surface area contributed by atoms with Crippen LogP contribution in [-0.4, -0.2) is 0 Å². The van der Waals surface area contributed by atoms with Crippen LogP contribution in [0.2, 0.25) is 0 Å². The van der Waals surface area contributed by atoms with Crippen LogP contribution in [0.25, 0.3) is 22.3 Å². The summed E-state index contributed by atoms with van der Waals surface area (Å²) >= 11 is 0. The standard InChI is InChI=1S/C45H28F6N2O2/c1-27-42(28-12-10-14-30(24-28)44(46,47)48)36(52-32-16-2-6-20-38(32)54-39-21-7-3-17-33(39)52)26-37(43(27)29-13-11-15-31(25-29)45(49,50)51)53-34-18-4-8-22-40(34)55-41-23-9-5-19-35(41)53/h2-26H,1H3. The Morgan fingerprint density at radius 2 is 0.709 bits per heavy atom. The van der Waals surface area contributed by atoms with Crippen LogP contribution in [-0.2, 0) is 12.4 Å². The van der Waals surface area contributed by atoms with Gasteiger partial charge in [0.15, 0.2) is 23.0 Å². The van der Waals surface area contributed by atoms with Gasteiger partial charge in [0, 0.05) is 11.1 Å². The molecule has 9 rings (SSSR count). The van der Waals surface area contributed by atoms with E-state index in [9.17, 15) is 26.3 Å². The summed E-state index contributed by atoms with van der Waals surface area (Å²) in [4.78, 5) is 3.88. The van der Waals surface area contributed by atoms with Crippen LogP contribution in [0.5, 0.6) is 23.0 Å². The van der Waals surface area contributed by atoms with Crippen LogP contribution >= 0.6 is 0 Å². The molecule has 0 bridgehead atoms. The van der Waals surface area contributed by atoms with Crippen molar-refractivity contribution >= 4 is 34.1 Å². The van der Waals surface area contributed by atoms with Gasteiger partial charge in [0.25, 0.3) is 0 Å². The molecule has 2 heterocycles. The minimum absolute atomic E-state index is 0.228. The van der Waals surface area contributed by atoms with Crippen molar-refractivity contribution in [1.82, 2.24) is 0 Å². The lowest BCUT2D eigenvalue weighted by Crippen LogP contribution is -2.20. The molecule has 0 radical (unpaired) electrons. The zero-order chi connectivity index (χ0) is 38.1. The van der Waals surface area contributed by atoms with Crippen molar-refractivity contribution < 1.29 is 35.8 Å². The highest BCUT2D eigenvalue weighted by atomic mass is 19.4. The highest BCUT2D eigenvalue weighted by molar-refractivity contribution is 6.03. The van der Waals surface area contributed by atoms with Crippen LogP contribution in [0.15, 0.2) is 152 Å². The first-order chi connectivity index (χ1) is 26.5. The van der Waals surface area contributed by atoms with Crippen LogP contribution in [0.3, 0.4) is 0 Å². The van der Waals surface area contributed by atoms with Gasteiger partial charge in [-0.3, -0.25) is 0 Å². The first-order valence-corrected chi connectivity index (χ1v) is 17.3. The Morgan fingerprint density at radius 1 is 0.382 bits per heavy atom. The van der Waals surface area contributed by atoms with Crippen LogP contribution in [0.4, 0.5) is 60.5 Å². The molecule has 0 fully saturated rings. The summed E-state index contributed by atoms with van der Waals surface area (Å²) in [6, 6.07) is 41.2. The van der Waals surface area contributed by atoms with Crippen molar-refractivity contribution in [3.05, 3.63) is 168 Å². The number of para-hydroxylation sites is 8. The number of ether oxygens (including phenoxy) is 2. The van der Waals surface area contributed by atoms with Gasteiger partial charge in [-0.1, -0.05) is 72.8 Å². The lowest BCUT2D eigenvalue weighted by Gasteiger charge is -2.38. The van der Waals surface area contributed by atoms with E-state index in [-0.39, 0.29) is 11.1 Å². The lowest BCUT2D eigenvalue weighted by molar-refractivity contribution is -0.138. The van der Waals surface area contributed by atoms with Crippen molar-refractivity contribution in [2.45, 2.75) is 19.3 Å². The minimum Gasteiger partial charge on any atom is -0.453 e. The van der Waals surface area contributed by atoms with Crippen molar-refractivity contribution in [3.8, 4) is 45.3 Å². The van der Waals surface area contributed by atoms with Gasteiger partial charge in [-0.2, -0.15) is 26.3 Å². The SMILES string of the molecule is Cc1c(-c2cccc(C(F)(F)F)c2)c(N2c3ccccc3Oc3ccccc32)cc(N2c3ccccc3Oc3ccccc32)c1-c1cccc(C(F)(F)F)c1. The minimum atomic E-state index is -4.66. The number of alkyl halides is 6. The molecule has 0 saturated carbocycles. The number of hydrogen-bond acceptors (Lipinski definition) is 4. The quantitative estimate of drug-likeness (QED) is 0.168. The Morgan fingerprint density at radius 3 is 1.04 bits per heavy atom. The molecule has 0 amide bonds. The van der Waals surface area contributed by atoms with E-state index >= 15 is 0 Å². The number of nitrogens with zero attached hydrogens (tertiary/aromatic N) is 2. The largest absolute Gasteiger partial charge is 0.453 e. The van der Waals surface area contributed by atoms with Gasteiger partial charge in [0.1, 0.15) is 0 Å². The molecule has 0 N–H and O–H groups in total. The molecule has 7 aromatic carbocycles. The van der Waals surface area contributed by atoms with Crippen molar-refractivity contribution in [1.29, 1.82) is 0 Å². The molecule has 0 aliphatic carbocycles. The van der Waals surface area contributed by atoms with Gasteiger partial charge >= 0.3 is 12.4 Å². The molecular weight excluding hydrogens is 714 g/mol. The maximum atomic E-state index is 14.4. The van der Waals surface area contributed by atoms with E-state index in [1.165, 1.54) is 12.1 Å². The molecule has 0 atom stereocenters. The van der Waals surface area contributed by atoms with E-state index in [0.29, 0.717) is 73.8 Å². The highest BCUT2D eigenvalue weighted by Gasteiger charge is 2.36. The van der Waals surface area contributed by atoms with Crippen molar-refractivity contribution in [2.75, 3.05) is 9.80 Å². The highest BCUT2D eigenvalue weighted by Crippen LogP contribution is 2.59. The third-order valence-corrected chi connectivity index (χ3v) is 9.84. The second kappa shape index (κ2) is 12.7. The summed E-state index contributed by atoms with van der Waals surface area (Å²) in [5.74, 6) is 2.05. The smallest absolute Gasteiger partial charge is 0.416 e. The van der Waals surface area contributed by atoms with E-state index in [1.807, 2.05) is 113 Å². The predicted molar refractivity (Wildman–Crippen MR) is 202 cm³/mol. The Bertz CT molecular complexity index is 2370. The first kappa shape index (κ1) is 34.1. The number of halogens is 6. The molecule has 2 aliphatic rings. The van der Waals surface area contributed by atoms with Gasteiger partial charge in [0.2, 0.25) is 0 Å². The van der Waals surface area contributed by atoms with Crippen molar-refractivity contribution in [2.24, 2.45) is 0 Å². The number of benzene rings is 7. The average molecular weight is 743 g/mol. The fraction of sp³-hybridized carbons (Fsp3) is 0.0667. The predicted octanol–water partition coefficient (Wildman–Crippen LogP) is 14.5. The summed E-state index contributed by atoms with van der Waals surface area (Å²) in [6.07, 6.45) is -9.32. The second-order valence-corrected chi connectivity index (χ2v) is 13.2. The van der Waals surface area contributed by atoms with Crippen LogP contribution in [0.1, 0.15) is 16.7 Å². The maximum Gasteiger partial charge on any atom is 0.416 e. The number of rotatable bonds is 4. The molecule has 55 heavy (non-hydrogen) atoms. The molecule has 272 valence electrons. The first-order valence-electron chi connectivity index (χ1n) is 17.3. The Balaban J connectivity index is 1.45. The molecule has 4 nitrogen and oxygen atoms in total. The van der Waals surface area contributed by atoms with E-state index in [4.69, 9.17) is 9.47 Å². The molecule has 0 unspecified atom stereocenters. The van der Waals surface area contributed by atoms with E-state index in [1.54, 1.807) is 19.1 Å². The number of anilines is 6. The van der Waals surface area contributed by atoms with Gasteiger partial charge in [-0.25, -0.2) is 0 Å². The zero-order valence-electron chi connectivity index (χ0n) is 28.9. The number of fused-ring (bicyclic) bond motifs is 4. The molecule has 7 aromatic rings. The van der Waals surface area contributed by atoms with Crippen molar-refractivity contribution in [3.63, 3.8) is 0 Å². The second-order valence-electron chi connectivity index (χ2n) is 13.2. The van der Waals surface area contributed by atoms with Crippen LogP contribution in [0, 0.1) is 6.92 Å². The van der Waals surface area contributed by atoms with Gasteiger partial charge in [-0.15, -0.1) is 0 Å². The average Bonchev–Trinajstić information content (AvgIpc) is 3.18. The fourth-order valence-electron chi connectivity index (χ4n) is 7.49. The fourth-order valence-corrected chi connectivity index (χ4v) is 7.49. The normalized spacial score (nSPS) is 13.2. The topological polar surface area (TPSA) is 24.9 Å². The Labute approximate surface area is 312 Å². The molecular formula is C45H28F6N2O2. The summed E-state index contributed by atoms with van der Waals surface area (Å²) < 4.78 is 98.9. The molecule has 0 aromatic heterocycles. The van der Waals surface area contributed by atoms with E-state index < -0.39 is 23.5 Å². The molecule has 0 saturated heterocycles. The lowest BCUT2D eigenvalue weighted by atomic mass is 9.87. The Hall–Kier alpha value is -6.68. The molecule has 0 spiro atoms. The summed E-state index contributed by atoms with van der Waals surface area (Å²) in [5, 5.41) is 0. The van der Waals surface area contributed by atoms with E-state index in [0.717, 1.165) is 24.3 Å². The third-order valence-electron chi connectivity index (χ3n) is 9.84. The zero-order valence-corrected chi connectivity index (χ0v) is 28.9. The maximum absolute atomic E-state index is 14.4. The Kier molecular flexibility index (Phi) is 7.89. The van der Waals surface area contributed by atoms with Gasteiger partial charge in [-0.05, 0) is 102 Å². The number of hydrogen-bond donors (Lipinski definition) is 0. The monoisotopic (exact) mass is 742 g/mol. The molecule has 2 aliphatic heterocycles.